The van der Waals surface area contributed by atoms with Crippen LogP contribution in [0.15, 0.2) is 0 Å². The van der Waals surface area contributed by atoms with Gasteiger partial charge in [-0.15, -0.1) is 0 Å². The predicted octanol–water partition coefficient (Wildman–Crippen LogP) is 3.59. The van der Waals surface area contributed by atoms with Crippen LogP contribution >= 0.6 is 0 Å². The van der Waals surface area contributed by atoms with Crippen LogP contribution in [-0.4, -0.2) is 13.1 Å². The Bertz CT molecular complexity index is 221. The molecule has 2 fully saturated rings. The maximum atomic E-state index is 3.55. The normalized spacial score (nSPS) is 41.4. The molecule has 1 heterocycles. The summed E-state index contributed by atoms with van der Waals surface area (Å²) in [6.07, 6.45) is 8.72. The summed E-state index contributed by atoms with van der Waals surface area (Å²) in [5, 5.41) is 3.55. The summed E-state index contributed by atoms with van der Waals surface area (Å²) in [6.45, 7) is 9.88. The van der Waals surface area contributed by atoms with Gasteiger partial charge in [-0.1, -0.05) is 27.2 Å². The first-order valence-corrected chi connectivity index (χ1v) is 6.75. The van der Waals surface area contributed by atoms with Gasteiger partial charge in [0, 0.05) is 0 Å². The predicted molar refractivity (Wildman–Crippen MR) is 65.9 cm³/mol. The van der Waals surface area contributed by atoms with Crippen molar-refractivity contribution in [3.8, 4) is 0 Å². The minimum atomic E-state index is 0.605. The lowest BCUT2D eigenvalue weighted by Gasteiger charge is -2.43. The zero-order chi connectivity index (χ0) is 10.9. The van der Waals surface area contributed by atoms with Gasteiger partial charge in [-0.3, -0.25) is 0 Å². The van der Waals surface area contributed by atoms with Crippen molar-refractivity contribution in [3.05, 3.63) is 0 Å². The van der Waals surface area contributed by atoms with E-state index in [9.17, 15) is 0 Å². The highest BCUT2D eigenvalue weighted by molar-refractivity contribution is 4.93. The molecule has 1 nitrogen and oxygen atoms in total. The van der Waals surface area contributed by atoms with Crippen LogP contribution in [0, 0.1) is 16.7 Å². The van der Waals surface area contributed by atoms with E-state index in [2.05, 4.69) is 26.1 Å². The van der Waals surface area contributed by atoms with E-state index in [-0.39, 0.29) is 0 Å². The second-order valence-corrected chi connectivity index (χ2v) is 6.74. The highest BCUT2D eigenvalue weighted by atomic mass is 14.9. The number of rotatable bonds is 0. The van der Waals surface area contributed by atoms with E-state index in [1.165, 1.54) is 51.6 Å². The van der Waals surface area contributed by atoms with Gasteiger partial charge in [0.05, 0.1) is 0 Å². The van der Waals surface area contributed by atoms with E-state index in [0.29, 0.717) is 10.8 Å². The second-order valence-electron chi connectivity index (χ2n) is 6.74. The van der Waals surface area contributed by atoms with Gasteiger partial charge in [0.15, 0.2) is 0 Å². The van der Waals surface area contributed by atoms with Crippen LogP contribution in [0.25, 0.3) is 0 Å². The molecular formula is C14H27N. The van der Waals surface area contributed by atoms with Gasteiger partial charge in [-0.05, 0) is 61.9 Å². The third-order valence-corrected chi connectivity index (χ3v) is 5.12. The SMILES string of the molecule is CC1CNCCC12CCCC(C)(C)CC2. The molecule has 1 aliphatic heterocycles. The Morgan fingerprint density at radius 2 is 1.80 bits per heavy atom. The van der Waals surface area contributed by atoms with Gasteiger partial charge < -0.3 is 5.32 Å². The number of nitrogens with one attached hydrogen (secondary N) is 1. The molecule has 0 radical (unpaired) electrons. The Balaban J connectivity index is 2.07. The summed E-state index contributed by atoms with van der Waals surface area (Å²) in [6, 6.07) is 0. The third-order valence-electron chi connectivity index (χ3n) is 5.12. The van der Waals surface area contributed by atoms with Crippen molar-refractivity contribution >= 4 is 0 Å². The number of hydrogen-bond acceptors (Lipinski definition) is 1. The monoisotopic (exact) mass is 209 g/mol. The Hall–Kier alpha value is -0.0400. The fraction of sp³-hybridized carbons (Fsp3) is 1.00. The van der Waals surface area contributed by atoms with Crippen molar-refractivity contribution < 1.29 is 0 Å². The summed E-state index contributed by atoms with van der Waals surface area (Å²) >= 11 is 0. The third kappa shape index (κ3) is 2.38. The van der Waals surface area contributed by atoms with Crippen molar-refractivity contribution in [2.45, 2.75) is 59.3 Å². The molecule has 0 aromatic heterocycles. The molecule has 1 saturated carbocycles. The molecule has 0 amide bonds. The minimum Gasteiger partial charge on any atom is -0.316 e. The molecule has 1 aliphatic carbocycles. The van der Waals surface area contributed by atoms with Crippen LogP contribution in [0.5, 0.6) is 0 Å². The van der Waals surface area contributed by atoms with E-state index in [0.717, 1.165) is 5.92 Å². The fourth-order valence-corrected chi connectivity index (χ4v) is 3.62. The summed E-state index contributed by atoms with van der Waals surface area (Å²) in [5.74, 6) is 0.889. The van der Waals surface area contributed by atoms with Gasteiger partial charge in [0.2, 0.25) is 0 Å². The van der Waals surface area contributed by atoms with E-state index in [4.69, 9.17) is 0 Å². The first-order chi connectivity index (χ1) is 7.04. The van der Waals surface area contributed by atoms with E-state index in [1.807, 2.05) is 0 Å². The number of piperidine rings is 1. The zero-order valence-corrected chi connectivity index (χ0v) is 10.7. The Kier molecular flexibility index (Phi) is 3.12. The van der Waals surface area contributed by atoms with Crippen LogP contribution in [0.4, 0.5) is 0 Å². The molecule has 15 heavy (non-hydrogen) atoms. The molecule has 1 saturated heterocycles. The quantitative estimate of drug-likeness (QED) is 0.643. The maximum absolute atomic E-state index is 3.55. The molecule has 88 valence electrons. The van der Waals surface area contributed by atoms with Gasteiger partial charge in [-0.25, -0.2) is 0 Å². The maximum Gasteiger partial charge on any atom is -0.00178 e. The van der Waals surface area contributed by atoms with Crippen LogP contribution in [0.2, 0.25) is 0 Å². The molecule has 2 aliphatic rings. The smallest absolute Gasteiger partial charge is 0.00178 e. The van der Waals surface area contributed by atoms with Crippen LogP contribution < -0.4 is 5.32 Å². The summed E-state index contributed by atoms with van der Waals surface area (Å²) in [4.78, 5) is 0. The fourth-order valence-electron chi connectivity index (χ4n) is 3.62. The van der Waals surface area contributed by atoms with E-state index in [1.54, 1.807) is 0 Å². The molecule has 1 heteroatoms. The van der Waals surface area contributed by atoms with Gasteiger partial charge >= 0.3 is 0 Å². The lowest BCUT2D eigenvalue weighted by atomic mass is 9.66. The second kappa shape index (κ2) is 4.08. The van der Waals surface area contributed by atoms with E-state index < -0.39 is 0 Å². The van der Waals surface area contributed by atoms with E-state index >= 15 is 0 Å². The number of hydrogen-bond donors (Lipinski definition) is 1. The minimum absolute atomic E-state index is 0.605. The molecule has 0 aromatic rings. The van der Waals surface area contributed by atoms with Crippen LogP contribution in [0.3, 0.4) is 0 Å². The standard InChI is InChI=1S/C14H27N/c1-12-11-15-10-9-14(12)6-4-5-13(2,3)7-8-14/h12,15H,4-11H2,1-3H3. The van der Waals surface area contributed by atoms with Gasteiger partial charge in [0.1, 0.15) is 0 Å². The molecular weight excluding hydrogens is 182 g/mol. The van der Waals surface area contributed by atoms with Crippen molar-refractivity contribution in [1.29, 1.82) is 0 Å². The van der Waals surface area contributed by atoms with Crippen molar-refractivity contribution in [3.63, 3.8) is 0 Å². The molecule has 2 unspecified atom stereocenters. The first kappa shape index (κ1) is 11.4. The zero-order valence-electron chi connectivity index (χ0n) is 10.7. The molecule has 0 aromatic carbocycles. The lowest BCUT2D eigenvalue weighted by molar-refractivity contribution is 0.0947. The highest BCUT2D eigenvalue weighted by Crippen LogP contribution is 2.49. The van der Waals surface area contributed by atoms with Crippen molar-refractivity contribution in [2.24, 2.45) is 16.7 Å². The molecule has 0 bridgehead atoms. The van der Waals surface area contributed by atoms with Crippen molar-refractivity contribution in [2.75, 3.05) is 13.1 Å². The van der Waals surface area contributed by atoms with Gasteiger partial charge in [-0.2, -0.15) is 0 Å². The topological polar surface area (TPSA) is 12.0 Å². The molecule has 2 rings (SSSR count). The molecule has 1 spiro atoms. The summed E-state index contributed by atoms with van der Waals surface area (Å²) < 4.78 is 0. The molecule has 1 N–H and O–H groups in total. The largest absolute Gasteiger partial charge is 0.316 e. The average molecular weight is 209 g/mol. The van der Waals surface area contributed by atoms with Crippen LogP contribution in [0.1, 0.15) is 59.3 Å². The average Bonchev–Trinajstić information content (AvgIpc) is 2.32. The van der Waals surface area contributed by atoms with Gasteiger partial charge in [0.25, 0.3) is 0 Å². The Morgan fingerprint density at radius 1 is 1.00 bits per heavy atom. The van der Waals surface area contributed by atoms with Crippen LogP contribution in [-0.2, 0) is 0 Å². The molecule has 2 atom stereocenters. The first-order valence-electron chi connectivity index (χ1n) is 6.75. The van der Waals surface area contributed by atoms with Crippen molar-refractivity contribution in [1.82, 2.24) is 5.32 Å². The highest BCUT2D eigenvalue weighted by Gasteiger charge is 2.40. The summed E-state index contributed by atoms with van der Waals surface area (Å²) in [7, 11) is 0. The Morgan fingerprint density at radius 3 is 2.53 bits per heavy atom. The Labute approximate surface area is 95.0 Å². The lowest BCUT2D eigenvalue weighted by Crippen LogP contribution is -2.43. The summed E-state index contributed by atoms with van der Waals surface area (Å²) in [5.41, 5.74) is 1.30.